The van der Waals surface area contributed by atoms with Crippen molar-refractivity contribution < 1.29 is 0 Å². The lowest BCUT2D eigenvalue weighted by atomic mass is 10.1. The van der Waals surface area contributed by atoms with Crippen molar-refractivity contribution in [3.8, 4) is 0 Å². The van der Waals surface area contributed by atoms with Crippen LogP contribution in [0.4, 0.5) is 0 Å². The van der Waals surface area contributed by atoms with E-state index in [4.69, 9.17) is 0 Å². The van der Waals surface area contributed by atoms with E-state index in [9.17, 15) is 0 Å². The molecule has 0 atom stereocenters. The molecule has 0 radical (unpaired) electrons. The highest BCUT2D eigenvalue weighted by molar-refractivity contribution is 5.23. The van der Waals surface area contributed by atoms with Gasteiger partial charge < -0.3 is 0 Å². The Morgan fingerprint density at radius 2 is 1.42 bits per heavy atom. The van der Waals surface area contributed by atoms with Gasteiger partial charge in [-0.3, -0.25) is 0 Å². The van der Waals surface area contributed by atoms with Crippen LogP contribution in [-0.2, 0) is 0 Å². The zero-order chi connectivity index (χ0) is 10.6. The van der Waals surface area contributed by atoms with Crippen molar-refractivity contribution in [2.24, 2.45) is 0 Å². The second-order valence-electron chi connectivity index (χ2n) is 2.08. The Bertz CT molecular complexity index is 107. The van der Waals surface area contributed by atoms with Crippen molar-refractivity contribution in [3.63, 3.8) is 0 Å². The molecule has 0 aromatic heterocycles. The van der Waals surface area contributed by atoms with Gasteiger partial charge in [0.15, 0.2) is 0 Å². The first-order chi connectivity index (χ1) is 5.68. The summed E-state index contributed by atoms with van der Waals surface area (Å²) >= 11 is 0. The fraction of sp³-hybridized carbons (Fsp3) is 0.667. The van der Waals surface area contributed by atoms with Gasteiger partial charge in [-0.15, -0.1) is 0 Å². The summed E-state index contributed by atoms with van der Waals surface area (Å²) in [6.45, 7) is 18.1. The van der Waals surface area contributed by atoms with Crippen molar-refractivity contribution in [1.82, 2.24) is 0 Å². The van der Waals surface area contributed by atoms with E-state index in [0.717, 1.165) is 6.42 Å². The van der Waals surface area contributed by atoms with E-state index in [0.29, 0.717) is 0 Å². The lowest BCUT2D eigenvalue weighted by molar-refractivity contribution is 1.18. The topological polar surface area (TPSA) is 0 Å². The molecule has 0 saturated carbocycles. The maximum atomic E-state index is 3.81. The fourth-order valence-electron chi connectivity index (χ4n) is 0.480. The molecule has 0 saturated heterocycles. The molecular formula is C12H26. The zero-order valence-electron chi connectivity index (χ0n) is 9.99. The Balaban J connectivity index is -0.000000175. The molecule has 0 fully saturated rings. The minimum atomic E-state index is 1.11. The molecule has 0 nitrogen and oxygen atoms in total. The Kier molecular flexibility index (Phi) is 24.6. The van der Waals surface area contributed by atoms with Crippen molar-refractivity contribution in [3.05, 3.63) is 23.8 Å². The SMILES string of the molecule is C=C(C)/C(C)=C\CC.CC.CC. The van der Waals surface area contributed by atoms with E-state index >= 15 is 0 Å². The Hall–Kier alpha value is -0.520. The average Bonchev–Trinajstić information content (AvgIpc) is 2.12. The van der Waals surface area contributed by atoms with Gasteiger partial charge in [-0.2, -0.15) is 0 Å². The normalized spacial score (nSPS) is 8.75. The lowest BCUT2D eigenvalue weighted by Crippen LogP contribution is -1.73. The monoisotopic (exact) mass is 170 g/mol. The summed E-state index contributed by atoms with van der Waals surface area (Å²) in [5, 5.41) is 0. The van der Waals surface area contributed by atoms with E-state index in [1.807, 2.05) is 34.6 Å². The average molecular weight is 170 g/mol. The summed E-state index contributed by atoms with van der Waals surface area (Å²) in [6.07, 6.45) is 3.29. The molecule has 0 rings (SSSR count). The first-order valence-corrected chi connectivity index (χ1v) is 5.01. The van der Waals surface area contributed by atoms with Crippen LogP contribution < -0.4 is 0 Å². The zero-order valence-corrected chi connectivity index (χ0v) is 9.99. The largest absolute Gasteiger partial charge is 0.0959 e. The number of hydrogen-bond acceptors (Lipinski definition) is 0. The van der Waals surface area contributed by atoms with Crippen LogP contribution in [0.2, 0.25) is 0 Å². The van der Waals surface area contributed by atoms with Crippen LogP contribution in [0.25, 0.3) is 0 Å². The van der Waals surface area contributed by atoms with Crippen molar-refractivity contribution in [2.45, 2.75) is 54.9 Å². The molecule has 0 aromatic carbocycles. The van der Waals surface area contributed by atoms with E-state index < -0.39 is 0 Å². The molecule has 0 aliphatic carbocycles. The minimum Gasteiger partial charge on any atom is -0.0959 e. The van der Waals surface area contributed by atoms with Gasteiger partial charge >= 0.3 is 0 Å². The molecular weight excluding hydrogens is 144 g/mol. The lowest BCUT2D eigenvalue weighted by Gasteiger charge is -1.94. The smallest absolute Gasteiger partial charge is 0.0374 e. The molecule has 12 heavy (non-hydrogen) atoms. The Morgan fingerprint density at radius 1 is 1.08 bits per heavy atom. The van der Waals surface area contributed by atoms with Gasteiger partial charge in [0.2, 0.25) is 0 Å². The predicted molar refractivity (Wildman–Crippen MR) is 61.6 cm³/mol. The highest BCUT2D eigenvalue weighted by Gasteiger charge is 1.83. The molecule has 0 spiro atoms. The van der Waals surface area contributed by atoms with Gasteiger partial charge in [0.1, 0.15) is 0 Å². The van der Waals surface area contributed by atoms with Crippen molar-refractivity contribution in [1.29, 1.82) is 0 Å². The van der Waals surface area contributed by atoms with Crippen molar-refractivity contribution in [2.75, 3.05) is 0 Å². The minimum absolute atomic E-state index is 1.11. The highest BCUT2D eigenvalue weighted by Crippen LogP contribution is 2.04. The van der Waals surface area contributed by atoms with Crippen LogP contribution in [0.15, 0.2) is 23.8 Å². The summed E-state index contributed by atoms with van der Waals surface area (Å²) < 4.78 is 0. The molecule has 0 heteroatoms. The molecule has 74 valence electrons. The van der Waals surface area contributed by atoms with Crippen LogP contribution in [0.3, 0.4) is 0 Å². The third-order valence-corrected chi connectivity index (χ3v) is 1.18. The number of hydrogen-bond donors (Lipinski definition) is 0. The highest BCUT2D eigenvalue weighted by atomic mass is 13.9. The fourth-order valence-corrected chi connectivity index (χ4v) is 0.480. The van der Waals surface area contributed by atoms with Gasteiger partial charge in [-0.1, -0.05) is 58.4 Å². The maximum Gasteiger partial charge on any atom is -0.0374 e. The first kappa shape index (κ1) is 17.5. The summed E-state index contributed by atoms with van der Waals surface area (Å²) in [6, 6.07) is 0. The van der Waals surface area contributed by atoms with Gasteiger partial charge in [-0.05, 0) is 20.3 Å². The Morgan fingerprint density at radius 3 is 1.50 bits per heavy atom. The molecule has 0 bridgehead atoms. The Labute approximate surface area is 79.4 Å². The summed E-state index contributed by atoms with van der Waals surface area (Å²) in [7, 11) is 0. The van der Waals surface area contributed by atoms with Gasteiger partial charge in [0.05, 0.1) is 0 Å². The quantitative estimate of drug-likeness (QED) is 0.513. The molecule has 0 aliphatic rings. The molecule has 0 amide bonds. The summed E-state index contributed by atoms with van der Waals surface area (Å²) in [5.41, 5.74) is 2.49. The van der Waals surface area contributed by atoms with Crippen LogP contribution in [0.1, 0.15) is 54.9 Å². The molecule has 0 unspecified atom stereocenters. The molecule has 0 aliphatic heterocycles. The van der Waals surface area contributed by atoms with Crippen molar-refractivity contribution >= 4 is 0 Å². The van der Waals surface area contributed by atoms with Gasteiger partial charge in [0, 0.05) is 0 Å². The third-order valence-electron chi connectivity index (χ3n) is 1.18. The van der Waals surface area contributed by atoms with Gasteiger partial charge in [-0.25, -0.2) is 0 Å². The first-order valence-electron chi connectivity index (χ1n) is 5.01. The second kappa shape index (κ2) is 16.8. The second-order valence-corrected chi connectivity index (χ2v) is 2.08. The van der Waals surface area contributed by atoms with E-state index in [1.165, 1.54) is 11.1 Å². The standard InChI is InChI=1S/C8H14.2C2H6/c1-5-6-8(4)7(2)3;2*1-2/h6H,2,5H2,1,3-4H3;2*1-2H3/b8-6-;;. The van der Waals surface area contributed by atoms with Gasteiger partial charge in [0.25, 0.3) is 0 Å². The number of rotatable bonds is 2. The maximum absolute atomic E-state index is 3.81. The van der Waals surface area contributed by atoms with Crippen LogP contribution in [-0.4, -0.2) is 0 Å². The third kappa shape index (κ3) is 16.2. The van der Waals surface area contributed by atoms with Crippen LogP contribution in [0, 0.1) is 0 Å². The van der Waals surface area contributed by atoms with E-state index in [-0.39, 0.29) is 0 Å². The summed E-state index contributed by atoms with van der Waals surface area (Å²) in [4.78, 5) is 0. The van der Waals surface area contributed by atoms with Crippen LogP contribution in [0.5, 0.6) is 0 Å². The van der Waals surface area contributed by atoms with E-state index in [1.54, 1.807) is 0 Å². The molecule has 0 aromatic rings. The van der Waals surface area contributed by atoms with E-state index in [2.05, 4.69) is 26.5 Å². The predicted octanol–water partition coefficient (Wildman–Crippen LogP) is 4.97. The summed E-state index contributed by atoms with van der Waals surface area (Å²) in [5.74, 6) is 0. The molecule has 0 heterocycles. The number of allylic oxidation sites excluding steroid dienone is 3. The van der Waals surface area contributed by atoms with Crippen LogP contribution >= 0.6 is 0 Å². The molecule has 0 N–H and O–H groups in total.